The molecule has 1 N–H and O–H groups in total. The molecule has 5 rings (SSSR count). The van der Waals surface area contributed by atoms with Crippen LogP contribution < -0.4 is 0 Å². The summed E-state index contributed by atoms with van der Waals surface area (Å²) >= 11 is 0. The van der Waals surface area contributed by atoms with Crippen molar-refractivity contribution in [1.82, 2.24) is 33.6 Å². The molecule has 7 heteroatoms. The summed E-state index contributed by atoms with van der Waals surface area (Å²) in [6.45, 7) is 27.4. The van der Waals surface area contributed by atoms with Gasteiger partial charge in [-0.15, -0.1) is 0 Å². The second-order valence-electron chi connectivity index (χ2n) is 14.2. The van der Waals surface area contributed by atoms with Crippen LogP contribution in [0.2, 0.25) is 0 Å². The topological polar surface area (TPSA) is 69.2 Å². The first-order valence-corrected chi connectivity index (χ1v) is 17.4. The van der Waals surface area contributed by atoms with Gasteiger partial charge in [-0.1, -0.05) is 99.6 Å². The number of aryl methyl sites for hydroxylation is 1. The van der Waals surface area contributed by atoms with E-state index in [1.165, 1.54) is 12.0 Å². The number of H-pyrrole nitrogens is 1. The van der Waals surface area contributed by atoms with Crippen molar-refractivity contribution in [1.29, 1.82) is 0 Å². The van der Waals surface area contributed by atoms with E-state index in [4.69, 9.17) is 0 Å². The largest absolute Gasteiger partial charge is 0.354 e. The SMILES string of the molecule is CC(C)Cc1ccccc1.CC(C)Cc1ncc[nH]1.CC(C)Cn1cccc1.CC(C)Cn1ccnc1.Cc1nccn1CC(C)C. The van der Waals surface area contributed by atoms with Gasteiger partial charge in [-0.25, -0.2) is 15.0 Å². The van der Waals surface area contributed by atoms with E-state index in [0.717, 1.165) is 49.5 Å². The van der Waals surface area contributed by atoms with Crippen molar-refractivity contribution in [3.8, 4) is 0 Å². The second kappa shape index (κ2) is 24.3. The van der Waals surface area contributed by atoms with Gasteiger partial charge in [-0.05, 0) is 60.6 Å². The molecule has 4 aromatic heterocycles. The molecule has 0 atom stereocenters. The molecular weight excluding hydrogens is 578 g/mol. The number of nitrogens with one attached hydrogen (secondary N) is 1. The van der Waals surface area contributed by atoms with Crippen LogP contribution in [0.5, 0.6) is 0 Å². The molecule has 0 amide bonds. The first kappa shape index (κ1) is 41.2. The molecule has 4 heterocycles. The van der Waals surface area contributed by atoms with Gasteiger partial charge < -0.3 is 18.7 Å². The fourth-order valence-electron chi connectivity index (χ4n) is 4.60. The number of hydrogen-bond acceptors (Lipinski definition) is 3. The lowest BCUT2D eigenvalue weighted by Gasteiger charge is -2.06. The smallest absolute Gasteiger partial charge is 0.106 e. The maximum absolute atomic E-state index is 4.13. The van der Waals surface area contributed by atoms with Crippen LogP contribution in [0.3, 0.4) is 0 Å². The van der Waals surface area contributed by atoms with Crippen LogP contribution in [0.15, 0.2) is 98.4 Å². The molecule has 0 spiro atoms. The summed E-state index contributed by atoms with van der Waals surface area (Å²) in [5.41, 5.74) is 1.44. The van der Waals surface area contributed by atoms with E-state index in [1.807, 2.05) is 44.2 Å². The zero-order chi connectivity index (χ0) is 35.0. The molecule has 0 aliphatic carbocycles. The number of aromatic nitrogens is 7. The lowest BCUT2D eigenvalue weighted by atomic mass is 10.0. The van der Waals surface area contributed by atoms with Crippen molar-refractivity contribution in [3.63, 3.8) is 0 Å². The van der Waals surface area contributed by atoms with Gasteiger partial charge in [0.1, 0.15) is 11.6 Å². The molecule has 260 valence electrons. The Balaban J connectivity index is 0.000000294. The maximum Gasteiger partial charge on any atom is 0.106 e. The number of hydrogen-bond donors (Lipinski definition) is 1. The van der Waals surface area contributed by atoms with Gasteiger partial charge >= 0.3 is 0 Å². The van der Waals surface area contributed by atoms with Crippen LogP contribution in [-0.2, 0) is 32.5 Å². The van der Waals surface area contributed by atoms with E-state index < -0.39 is 0 Å². The van der Waals surface area contributed by atoms with Crippen LogP contribution >= 0.6 is 0 Å². The normalized spacial score (nSPS) is 10.6. The van der Waals surface area contributed by atoms with Gasteiger partial charge in [-0.2, -0.15) is 0 Å². The number of aromatic amines is 1. The van der Waals surface area contributed by atoms with Gasteiger partial charge in [0, 0.05) is 75.6 Å². The quantitative estimate of drug-likeness (QED) is 0.165. The van der Waals surface area contributed by atoms with Crippen molar-refractivity contribution in [2.24, 2.45) is 29.6 Å². The lowest BCUT2D eigenvalue weighted by molar-refractivity contribution is 0.514. The van der Waals surface area contributed by atoms with Crippen molar-refractivity contribution in [3.05, 3.63) is 116 Å². The van der Waals surface area contributed by atoms with Gasteiger partial charge in [0.25, 0.3) is 0 Å². The molecule has 47 heavy (non-hydrogen) atoms. The van der Waals surface area contributed by atoms with Crippen molar-refractivity contribution in [2.45, 2.75) is 109 Å². The standard InChI is InChI=1S/C10H14.C8H14N2.C8H13N.2C7H12N2/c1-9(2)8-10-6-4-3-5-7-10;1-7(2)6-10-5-4-9-8(10)3;1-8(2)7-9-5-3-4-6-9;1-7(2)5-9-4-3-8-6-9;1-6(2)5-7-8-3-4-9-7/h3-7,9H,8H2,1-2H3;4-5,7H,6H2,1-3H3;3-6,8H,7H2,1-2H3;3-4,6-7H,5H2,1-2H3;3-4,6H,5H2,1-2H3,(H,8,9). The molecule has 0 unspecified atom stereocenters. The van der Waals surface area contributed by atoms with E-state index >= 15 is 0 Å². The molecule has 0 saturated carbocycles. The number of imidazole rings is 3. The van der Waals surface area contributed by atoms with E-state index in [1.54, 1.807) is 6.20 Å². The highest BCUT2D eigenvalue weighted by Gasteiger charge is 1.99. The first-order chi connectivity index (χ1) is 22.3. The summed E-state index contributed by atoms with van der Waals surface area (Å²) < 4.78 is 6.46. The second-order valence-corrected chi connectivity index (χ2v) is 14.2. The average molecular weight is 644 g/mol. The monoisotopic (exact) mass is 644 g/mol. The molecule has 5 aromatic rings. The Hall–Kier alpha value is -3.87. The van der Waals surface area contributed by atoms with Crippen LogP contribution in [0, 0.1) is 36.5 Å². The molecule has 0 aliphatic heterocycles. The van der Waals surface area contributed by atoms with Gasteiger partial charge in [0.15, 0.2) is 0 Å². The third-order valence-electron chi connectivity index (χ3n) is 6.51. The lowest BCUT2D eigenvalue weighted by Crippen LogP contribution is -2.04. The molecule has 0 fully saturated rings. The Morgan fingerprint density at radius 3 is 1.62 bits per heavy atom. The summed E-state index contributed by atoms with van der Waals surface area (Å²) in [5, 5.41) is 0. The minimum absolute atomic E-state index is 0.691. The molecular formula is C40H65N7. The minimum Gasteiger partial charge on any atom is -0.354 e. The first-order valence-electron chi connectivity index (χ1n) is 17.4. The van der Waals surface area contributed by atoms with Crippen LogP contribution in [0.4, 0.5) is 0 Å². The zero-order valence-electron chi connectivity index (χ0n) is 31.3. The highest BCUT2D eigenvalue weighted by Crippen LogP contribution is 2.06. The fourth-order valence-corrected chi connectivity index (χ4v) is 4.60. The van der Waals surface area contributed by atoms with E-state index in [2.05, 4.69) is 158 Å². The Labute approximate surface area is 286 Å². The highest BCUT2D eigenvalue weighted by molar-refractivity contribution is 5.14. The predicted molar refractivity (Wildman–Crippen MR) is 200 cm³/mol. The molecule has 0 aliphatic rings. The Morgan fingerprint density at radius 2 is 1.17 bits per heavy atom. The minimum atomic E-state index is 0.691. The average Bonchev–Trinajstić information content (AvgIpc) is 3.81. The van der Waals surface area contributed by atoms with E-state index in [0.29, 0.717) is 17.8 Å². The summed E-state index contributed by atoms with van der Waals surface area (Å²) in [4.78, 5) is 15.2. The number of rotatable bonds is 10. The number of nitrogens with zero attached hydrogens (tertiary/aromatic N) is 6. The Kier molecular flexibility index (Phi) is 21.3. The molecule has 0 bridgehead atoms. The molecule has 0 saturated heterocycles. The summed E-state index contributed by atoms with van der Waals surface area (Å²) in [5.74, 6) is 5.81. The van der Waals surface area contributed by atoms with Crippen LogP contribution in [-0.4, -0.2) is 33.6 Å². The summed E-state index contributed by atoms with van der Waals surface area (Å²) in [7, 11) is 0. The zero-order valence-corrected chi connectivity index (χ0v) is 31.3. The molecule has 0 radical (unpaired) electrons. The highest BCUT2D eigenvalue weighted by atomic mass is 15.1. The Bertz CT molecular complexity index is 1230. The van der Waals surface area contributed by atoms with E-state index in [9.17, 15) is 0 Å². The Morgan fingerprint density at radius 1 is 0.574 bits per heavy atom. The van der Waals surface area contributed by atoms with Gasteiger partial charge in [0.05, 0.1) is 6.33 Å². The van der Waals surface area contributed by atoms with Crippen molar-refractivity contribution < 1.29 is 0 Å². The van der Waals surface area contributed by atoms with Gasteiger partial charge in [0.2, 0.25) is 0 Å². The van der Waals surface area contributed by atoms with E-state index in [-0.39, 0.29) is 0 Å². The van der Waals surface area contributed by atoms with Crippen LogP contribution in [0.25, 0.3) is 0 Å². The third-order valence-corrected chi connectivity index (χ3v) is 6.51. The predicted octanol–water partition coefficient (Wildman–Crippen LogP) is 10.0. The van der Waals surface area contributed by atoms with Gasteiger partial charge in [-0.3, -0.25) is 0 Å². The summed E-state index contributed by atoms with van der Waals surface area (Å²) in [6, 6.07) is 14.7. The maximum atomic E-state index is 4.13. The van der Waals surface area contributed by atoms with Crippen molar-refractivity contribution >= 4 is 0 Å². The van der Waals surface area contributed by atoms with Crippen molar-refractivity contribution in [2.75, 3.05) is 0 Å². The summed E-state index contributed by atoms with van der Waals surface area (Å²) in [6.07, 6.45) is 19.6. The third kappa shape index (κ3) is 22.3. The van der Waals surface area contributed by atoms with Crippen LogP contribution in [0.1, 0.15) is 86.4 Å². The fraction of sp³-hybridized carbons (Fsp3) is 0.525. The number of benzene rings is 1. The molecule has 7 nitrogen and oxygen atoms in total. The molecule has 1 aromatic carbocycles.